The third-order valence-electron chi connectivity index (χ3n) is 12.7. The molecule has 194 valence electrons. The Labute approximate surface area is 208 Å². The number of amides is 1. The first kappa shape index (κ1) is 25.0. The van der Waals surface area contributed by atoms with Gasteiger partial charge in [-0.3, -0.25) is 0 Å². The zero-order chi connectivity index (χ0) is 24.5. The summed E-state index contributed by atoms with van der Waals surface area (Å²) in [6.45, 7) is 12.5. The zero-order valence-corrected chi connectivity index (χ0v) is 23.4. The molecule has 2 heterocycles. The normalized spacial score (nSPS) is 48.1. The van der Waals surface area contributed by atoms with Gasteiger partial charge >= 0.3 is 208 Å². The summed E-state index contributed by atoms with van der Waals surface area (Å²) in [4.78, 5) is 24.9. The monoisotopic (exact) mass is 491 g/mol. The molecule has 0 radical (unpaired) electrons. The topological polar surface area (TPSA) is 66.4 Å². The van der Waals surface area contributed by atoms with Crippen molar-refractivity contribution in [1.82, 2.24) is 5.32 Å². The molecule has 5 aliphatic rings. The Morgan fingerprint density at radius 2 is 1.79 bits per heavy atom. The van der Waals surface area contributed by atoms with Gasteiger partial charge in [0.15, 0.2) is 0 Å². The Morgan fingerprint density at radius 3 is 2.50 bits per heavy atom. The third-order valence-corrected chi connectivity index (χ3v) is 19.1. The van der Waals surface area contributed by atoms with E-state index in [-0.39, 0.29) is 17.9 Å². The average Bonchev–Trinajstić information content (AvgIpc) is 3.18. The van der Waals surface area contributed by atoms with Gasteiger partial charge in [-0.15, -0.1) is 0 Å². The maximum absolute atomic E-state index is 13.6. The zero-order valence-electron chi connectivity index (χ0n) is 22.4. The molecule has 5 heteroatoms. The molecular weight excluding hydrogens is 441 g/mol. The average molecular weight is 492 g/mol. The summed E-state index contributed by atoms with van der Waals surface area (Å²) in [7, 11) is -1.48. The van der Waals surface area contributed by atoms with E-state index in [1.165, 1.54) is 51.1 Å². The first-order chi connectivity index (χ1) is 16.0. The molecule has 4 nitrogen and oxygen atoms in total. The van der Waals surface area contributed by atoms with Crippen LogP contribution in [0.5, 0.6) is 0 Å². The van der Waals surface area contributed by atoms with Crippen LogP contribution < -0.4 is 5.32 Å². The van der Waals surface area contributed by atoms with Crippen molar-refractivity contribution in [2.24, 2.45) is 46.3 Å². The fourth-order valence-electron chi connectivity index (χ4n) is 11.5. The molecule has 0 aromatic carbocycles. The molecule has 0 bridgehead atoms. The molecule has 3 saturated carbocycles. The fourth-order valence-corrected chi connectivity index (χ4v) is 18.5. The SMILES string of the molecule is CC(C)C1CCC2(C(=O)NCC(=O)O)CCC3C(CCC4C5(C)CCCC(C)C5CC[PH]34C)C12. The van der Waals surface area contributed by atoms with Gasteiger partial charge in [-0.25, -0.2) is 0 Å². The first-order valence-electron chi connectivity index (χ1n) is 14.5. The predicted molar refractivity (Wildman–Crippen MR) is 142 cm³/mol. The Balaban J connectivity index is 1.47. The van der Waals surface area contributed by atoms with Gasteiger partial charge in [0, 0.05) is 0 Å². The Bertz CT molecular complexity index is 830. The third kappa shape index (κ3) is 3.54. The summed E-state index contributed by atoms with van der Waals surface area (Å²) in [5, 5.41) is 12.1. The van der Waals surface area contributed by atoms with Crippen LogP contribution in [0.4, 0.5) is 0 Å². The molecule has 5 fully saturated rings. The molecule has 3 aliphatic carbocycles. The van der Waals surface area contributed by atoms with Crippen LogP contribution in [0.15, 0.2) is 0 Å². The summed E-state index contributed by atoms with van der Waals surface area (Å²) < 4.78 is 0. The number of carboxylic acids is 1. The van der Waals surface area contributed by atoms with Gasteiger partial charge in [0.25, 0.3) is 0 Å². The quantitative estimate of drug-likeness (QED) is 0.473. The number of hydrogen-bond donors (Lipinski definition) is 2. The molecule has 1 amide bonds. The number of carboxylic acid groups (broad SMARTS) is 1. The van der Waals surface area contributed by atoms with Crippen molar-refractivity contribution in [2.45, 2.75) is 103 Å². The van der Waals surface area contributed by atoms with E-state index in [2.05, 4.69) is 39.7 Å². The second kappa shape index (κ2) is 8.74. The molecule has 2 aliphatic heterocycles. The molecule has 9 unspecified atom stereocenters. The fraction of sp³-hybridized carbons (Fsp3) is 0.931. The minimum absolute atomic E-state index is 0.0622. The van der Waals surface area contributed by atoms with Gasteiger partial charge < -0.3 is 0 Å². The van der Waals surface area contributed by atoms with Crippen LogP contribution in [0.25, 0.3) is 0 Å². The summed E-state index contributed by atoms with van der Waals surface area (Å²) in [5.74, 6) is 3.31. The van der Waals surface area contributed by atoms with Crippen molar-refractivity contribution in [3.63, 3.8) is 0 Å². The van der Waals surface area contributed by atoms with E-state index in [0.717, 1.165) is 42.4 Å². The number of fused-ring (bicyclic) bond motifs is 7. The van der Waals surface area contributed by atoms with Crippen LogP contribution in [0, 0.1) is 46.3 Å². The summed E-state index contributed by atoms with van der Waals surface area (Å²) >= 11 is 0. The summed E-state index contributed by atoms with van der Waals surface area (Å²) in [6.07, 6.45) is 14.3. The molecule has 34 heavy (non-hydrogen) atoms. The molecule has 5 rings (SSSR count). The number of carbonyl (C=O) groups is 2. The summed E-state index contributed by atoms with van der Waals surface area (Å²) in [6, 6.07) is 0. The van der Waals surface area contributed by atoms with Gasteiger partial charge in [-0.05, 0) is 0 Å². The molecule has 2 saturated heterocycles. The molecule has 2 N–H and O–H groups in total. The van der Waals surface area contributed by atoms with Crippen molar-refractivity contribution < 1.29 is 14.7 Å². The Morgan fingerprint density at radius 1 is 1.06 bits per heavy atom. The van der Waals surface area contributed by atoms with E-state index in [1.807, 2.05) is 0 Å². The van der Waals surface area contributed by atoms with Crippen LogP contribution in [0.1, 0.15) is 91.9 Å². The van der Waals surface area contributed by atoms with E-state index < -0.39 is 13.2 Å². The first-order valence-corrected chi connectivity index (χ1v) is 17.4. The molecular formula is C29H50NO3P. The number of carbonyl (C=O) groups excluding carboxylic acids is 1. The maximum atomic E-state index is 13.6. The second-order valence-corrected chi connectivity index (χ2v) is 19.1. The van der Waals surface area contributed by atoms with Crippen LogP contribution in [-0.4, -0.2) is 47.7 Å². The Kier molecular flexibility index (Phi) is 6.44. The minimum atomic E-state index is -1.48. The van der Waals surface area contributed by atoms with Crippen LogP contribution in [0.2, 0.25) is 0 Å². The molecule has 0 spiro atoms. The van der Waals surface area contributed by atoms with E-state index in [1.54, 1.807) is 0 Å². The van der Waals surface area contributed by atoms with E-state index >= 15 is 0 Å². The number of hydrogen-bond acceptors (Lipinski definition) is 2. The van der Waals surface area contributed by atoms with Crippen molar-refractivity contribution in [2.75, 3.05) is 19.4 Å². The van der Waals surface area contributed by atoms with Gasteiger partial charge in [-0.1, -0.05) is 0 Å². The van der Waals surface area contributed by atoms with Crippen LogP contribution in [0.3, 0.4) is 0 Å². The van der Waals surface area contributed by atoms with Crippen LogP contribution in [-0.2, 0) is 9.59 Å². The Hall–Kier alpha value is -0.630. The van der Waals surface area contributed by atoms with Gasteiger partial charge in [0.2, 0.25) is 0 Å². The van der Waals surface area contributed by atoms with Crippen LogP contribution >= 0.6 is 7.26 Å². The number of rotatable bonds is 4. The van der Waals surface area contributed by atoms with Gasteiger partial charge in [-0.2, -0.15) is 0 Å². The molecule has 9 atom stereocenters. The molecule has 0 aromatic heterocycles. The standard InChI is InChI=1S/C29H50NO3P/c1-18(2)20-10-14-29(27(33)30-17-25(31)32)15-11-23-21(26(20)29)8-9-24-28(4)13-6-7-19(3)22(28)12-16-34(23,24)5/h18-24,26,34H,6-17H2,1-5H3,(H,30,33)(H,31,32). The van der Waals surface area contributed by atoms with Crippen molar-refractivity contribution >= 4 is 19.1 Å². The van der Waals surface area contributed by atoms with E-state index in [0.29, 0.717) is 29.1 Å². The van der Waals surface area contributed by atoms with E-state index in [4.69, 9.17) is 0 Å². The summed E-state index contributed by atoms with van der Waals surface area (Å²) in [5.41, 5.74) is 2.08. The second-order valence-electron chi connectivity index (χ2n) is 14.2. The number of nitrogens with one attached hydrogen (secondary N) is 1. The van der Waals surface area contributed by atoms with Crippen molar-refractivity contribution in [3.05, 3.63) is 0 Å². The van der Waals surface area contributed by atoms with Crippen molar-refractivity contribution in [3.8, 4) is 0 Å². The number of aliphatic carboxylic acids is 1. The predicted octanol–water partition coefficient (Wildman–Crippen LogP) is 6.02. The molecule has 0 aromatic rings. The van der Waals surface area contributed by atoms with E-state index in [9.17, 15) is 14.7 Å². The van der Waals surface area contributed by atoms with Gasteiger partial charge in [0.05, 0.1) is 0 Å². The van der Waals surface area contributed by atoms with Crippen molar-refractivity contribution in [1.29, 1.82) is 0 Å². The van der Waals surface area contributed by atoms with Gasteiger partial charge in [0.1, 0.15) is 0 Å².